The highest BCUT2D eigenvalue weighted by atomic mass is 32.2. The van der Waals surface area contributed by atoms with Crippen LogP contribution in [0.1, 0.15) is 51.4 Å². The molecular weight excluding hydrogens is 408 g/mol. The first-order valence-electron chi connectivity index (χ1n) is 9.37. The molecule has 2 unspecified atom stereocenters. The first kappa shape index (κ1) is 21.8. The smallest absolute Gasteiger partial charge is 0.431 e. The molecular formula is C17H24F4O6S. The summed E-state index contributed by atoms with van der Waals surface area (Å²) in [6.07, 6.45) is 1.46. The molecule has 0 amide bonds. The molecule has 0 aliphatic heterocycles. The van der Waals surface area contributed by atoms with Crippen LogP contribution in [0.15, 0.2) is 0 Å². The van der Waals surface area contributed by atoms with Crippen LogP contribution >= 0.6 is 0 Å². The van der Waals surface area contributed by atoms with Gasteiger partial charge in [0.15, 0.2) is 0 Å². The molecule has 2 atom stereocenters. The lowest BCUT2D eigenvalue weighted by Crippen LogP contribution is -2.56. The number of alkyl halides is 4. The molecule has 162 valence electrons. The normalized spacial score (nSPS) is 35.2. The molecule has 28 heavy (non-hydrogen) atoms. The van der Waals surface area contributed by atoms with Gasteiger partial charge in [0, 0.05) is 6.42 Å². The average Bonchev–Trinajstić information content (AvgIpc) is 2.51. The van der Waals surface area contributed by atoms with E-state index in [0.29, 0.717) is 18.8 Å². The van der Waals surface area contributed by atoms with Crippen LogP contribution in [0.2, 0.25) is 0 Å². The minimum absolute atomic E-state index is 0.0431. The van der Waals surface area contributed by atoms with Gasteiger partial charge < -0.3 is 9.84 Å². The van der Waals surface area contributed by atoms with Crippen LogP contribution in [0.4, 0.5) is 17.6 Å². The topological polar surface area (TPSA) is 101 Å². The third kappa shape index (κ3) is 3.89. The van der Waals surface area contributed by atoms with Crippen molar-refractivity contribution in [2.45, 2.75) is 68.1 Å². The average molecular weight is 432 g/mol. The van der Waals surface area contributed by atoms with Gasteiger partial charge in [-0.05, 0) is 62.7 Å². The number of ether oxygens (including phenoxy) is 1. The largest absolute Gasteiger partial charge is 0.465 e. The number of aliphatic hydroxyl groups is 1. The Morgan fingerprint density at radius 3 is 2.14 bits per heavy atom. The van der Waals surface area contributed by atoms with Crippen molar-refractivity contribution < 1.29 is 45.2 Å². The highest BCUT2D eigenvalue weighted by molar-refractivity contribution is 7.87. The standard InChI is InChI=1S/C17H24F4O6S/c18-16(19,17(20,21)28(24,25)26)3-1-2-4-27-14(22)13-11-5-10-6-12(13)9-15(23,7-10)8-11/h10-13,23H,1-9H2,(H,24,25,26). The predicted molar refractivity (Wildman–Crippen MR) is 88.2 cm³/mol. The molecule has 2 N–H and O–H groups in total. The Hall–Kier alpha value is -0.940. The number of carbonyl (C=O) groups excluding carboxylic acids is 1. The van der Waals surface area contributed by atoms with Crippen molar-refractivity contribution in [3.63, 3.8) is 0 Å². The van der Waals surface area contributed by atoms with Gasteiger partial charge in [0.2, 0.25) is 0 Å². The van der Waals surface area contributed by atoms with Gasteiger partial charge in [-0.2, -0.15) is 26.0 Å². The summed E-state index contributed by atoms with van der Waals surface area (Å²) < 4.78 is 87.3. The molecule has 4 bridgehead atoms. The Labute approximate surface area is 160 Å². The van der Waals surface area contributed by atoms with Crippen molar-refractivity contribution in [1.29, 1.82) is 0 Å². The third-order valence-electron chi connectivity index (χ3n) is 6.39. The second kappa shape index (κ2) is 7.09. The van der Waals surface area contributed by atoms with Gasteiger partial charge in [0.1, 0.15) is 0 Å². The summed E-state index contributed by atoms with van der Waals surface area (Å²) >= 11 is 0. The van der Waals surface area contributed by atoms with Crippen molar-refractivity contribution in [1.82, 2.24) is 0 Å². The second-order valence-corrected chi connectivity index (χ2v) is 10.0. The highest BCUT2D eigenvalue weighted by Gasteiger charge is 2.65. The Morgan fingerprint density at radius 1 is 1.07 bits per heavy atom. The molecule has 0 aromatic heterocycles. The molecule has 6 nitrogen and oxygen atoms in total. The lowest BCUT2D eigenvalue weighted by atomic mass is 9.50. The summed E-state index contributed by atoms with van der Waals surface area (Å²) in [5.74, 6) is -5.21. The van der Waals surface area contributed by atoms with Gasteiger partial charge in [0.25, 0.3) is 0 Å². The van der Waals surface area contributed by atoms with Crippen molar-refractivity contribution in [2.24, 2.45) is 23.7 Å². The van der Waals surface area contributed by atoms with Crippen LogP contribution in [0.5, 0.6) is 0 Å². The van der Waals surface area contributed by atoms with E-state index in [1.807, 2.05) is 0 Å². The van der Waals surface area contributed by atoms with Crippen LogP contribution in [0.3, 0.4) is 0 Å². The molecule has 4 aliphatic rings. The van der Waals surface area contributed by atoms with Gasteiger partial charge in [-0.1, -0.05) is 0 Å². The second-order valence-electron chi connectivity index (χ2n) is 8.54. The number of unbranched alkanes of at least 4 members (excludes halogenated alkanes) is 1. The minimum atomic E-state index is -6.23. The molecule has 4 saturated carbocycles. The van der Waals surface area contributed by atoms with Gasteiger partial charge in [-0.3, -0.25) is 9.35 Å². The number of halogens is 4. The molecule has 0 aromatic carbocycles. The molecule has 4 rings (SSSR count). The van der Waals surface area contributed by atoms with Crippen LogP contribution in [-0.2, 0) is 19.6 Å². The van der Waals surface area contributed by atoms with E-state index in [9.17, 15) is 35.9 Å². The predicted octanol–water partition coefficient (Wildman–Crippen LogP) is 3.00. The monoisotopic (exact) mass is 432 g/mol. The molecule has 0 saturated heterocycles. The van der Waals surface area contributed by atoms with E-state index in [0.717, 1.165) is 19.3 Å². The molecule has 4 fully saturated rings. The number of hydrogen-bond donors (Lipinski definition) is 2. The Balaban J connectivity index is 1.44. The molecule has 0 aromatic rings. The Bertz CT molecular complexity index is 709. The van der Waals surface area contributed by atoms with Crippen LogP contribution in [0.25, 0.3) is 0 Å². The van der Waals surface area contributed by atoms with Crippen molar-refractivity contribution in [3.8, 4) is 0 Å². The summed E-state index contributed by atoms with van der Waals surface area (Å²) in [6.45, 7) is -0.240. The van der Waals surface area contributed by atoms with Gasteiger partial charge in [-0.25, -0.2) is 0 Å². The zero-order valence-corrected chi connectivity index (χ0v) is 15.9. The third-order valence-corrected chi connectivity index (χ3v) is 7.34. The molecule has 11 heteroatoms. The van der Waals surface area contributed by atoms with Crippen molar-refractivity contribution >= 4 is 16.1 Å². The summed E-state index contributed by atoms with van der Waals surface area (Å²) in [5, 5.41) is 4.93. The maximum atomic E-state index is 13.4. The van der Waals surface area contributed by atoms with E-state index in [4.69, 9.17) is 9.29 Å². The summed E-state index contributed by atoms with van der Waals surface area (Å²) in [7, 11) is -6.23. The fraction of sp³-hybridized carbons (Fsp3) is 0.941. The SMILES string of the molecule is O=C(OCCCCC(F)(F)C(F)(F)S(=O)(=O)O)C1C2CC3CC1CC(O)(C3)C2. The molecule has 0 heterocycles. The van der Waals surface area contributed by atoms with Gasteiger partial charge in [0.05, 0.1) is 18.1 Å². The summed E-state index contributed by atoms with van der Waals surface area (Å²) in [5.41, 5.74) is -0.697. The van der Waals surface area contributed by atoms with Crippen LogP contribution in [-0.4, -0.2) is 47.4 Å². The number of carbonyl (C=O) groups is 1. The fourth-order valence-corrected chi connectivity index (χ4v) is 5.90. The van der Waals surface area contributed by atoms with Crippen LogP contribution in [0, 0.1) is 23.7 Å². The van der Waals surface area contributed by atoms with E-state index in [1.54, 1.807) is 0 Å². The number of esters is 1. The van der Waals surface area contributed by atoms with E-state index in [-0.39, 0.29) is 30.8 Å². The van der Waals surface area contributed by atoms with Gasteiger partial charge in [-0.15, -0.1) is 0 Å². The van der Waals surface area contributed by atoms with Gasteiger partial charge >= 0.3 is 27.3 Å². The summed E-state index contributed by atoms with van der Waals surface area (Å²) in [6, 6.07) is 0. The minimum Gasteiger partial charge on any atom is -0.465 e. The zero-order chi connectivity index (χ0) is 21.0. The number of rotatable bonds is 8. The Morgan fingerprint density at radius 2 is 1.64 bits per heavy atom. The zero-order valence-electron chi connectivity index (χ0n) is 15.1. The number of hydrogen-bond acceptors (Lipinski definition) is 5. The van der Waals surface area contributed by atoms with Crippen molar-refractivity contribution in [3.05, 3.63) is 0 Å². The fourth-order valence-electron chi connectivity index (χ4n) is 5.42. The molecule has 4 aliphatic carbocycles. The Kier molecular flexibility index (Phi) is 5.51. The maximum absolute atomic E-state index is 13.4. The first-order valence-corrected chi connectivity index (χ1v) is 10.8. The molecule has 0 spiro atoms. The quantitative estimate of drug-likeness (QED) is 0.265. The lowest BCUT2D eigenvalue weighted by molar-refractivity contribution is -0.182. The van der Waals surface area contributed by atoms with E-state index in [2.05, 4.69) is 0 Å². The first-order chi connectivity index (χ1) is 12.8. The highest BCUT2D eigenvalue weighted by Crippen LogP contribution is 2.58. The van der Waals surface area contributed by atoms with Crippen LogP contribution < -0.4 is 0 Å². The van der Waals surface area contributed by atoms with E-state index < -0.39 is 45.7 Å². The molecule has 0 radical (unpaired) electrons. The lowest BCUT2D eigenvalue weighted by Gasteiger charge is -2.57. The van der Waals surface area contributed by atoms with E-state index in [1.165, 1.54) is 0 Å². The maximum Gasteiger partial charge on any atom is 0.431 e. The van der Waals surface area contributed by atoms with E-state index >= 15 is 0 Å². The summed E-state index contributed by atoms with van der Waals surface area (Å²) in [4.78, 5) is 12.4. The van der Waals surface area contributed by atoms with Crippen molar-refractivity contribution in [2.75, 3.05) is 6.61 Å².